The van der Waals surface area contributed by atoms with Gasteiger partial charge >= 0.3 is 6.61 Å². The van der Waals surface area contributed by atoms with Crippen LogP contribution in [0, 0.1) is 19.0 Å². The Morgan fingerprint density at radius 1 is 1.62 bits per heavy atom. The summed E-state index contributed by atoms with van der Waals surface area (Å²) >= 11 is 0. The highest BCUT2D eigenvalue weighted by Gasteiger charge is 2.02. The van der Waals surface area contributed by atoms with Crippen molar-refractivity contribution in [3.8, 4) is 12.3 Å². The summed E-state index contributed by atoms with van der Waals surface area (Å²) < 4.78 is 25.7. The van der Waals surface area contributed by atoms with Crippen LogP contribution < -0.4 is 0 Å². The predicted octanol–water partition coefficient (Wildman–Crippen LogP) is 1.41. The zero-order chi connectivity index (χ0) is 6.41. The molecule has 0 aliphatic heterocycles. The Hall–Kier alpha value is -0.620. The van der Waals surface area contributed by atoms with Gasteiger partial charge in [-0.15, -0.1) is 12.3 Å². The second kappa shape index (κ2) is 4.54. The summed E-state index contributed by atoms with van der Waals surface area (Å²) in [5.74, 6) is 2.15. The summed E-state index contributed by atoms with van der Waals surface area (Å²) in [6, 6.07) is 0. The molecule has 1 nitrogen and oxygen atoms in total. The van der Waals surface area contributed by atoms with Crippen molar-refractivity contribution >= 4 is 0 Å². The minimum absolute atomic E-state index is 0.0984. The van der Waals surface area contributed by atoms with Gasteiger partial charge in [-0.1, -0.05) is 0 Å². The molecule has 0 fully saturated rings. The molecular formula is C5H5F2O. The fourth-order valence-corrected chi connectivity index (χ4v) is 0.187. The van der Waals surface area contributed by atoms with Gasteiger partial charge in [0.2, 0.25) is 0 Å². The van der Waals surface area contributed by atoms with Crippen molar-refractivity contribution in [1.82, 2.24) is 0 Å². The van der Waals surface area contributed by atoms with E-state index < -0.39 is 6.61 Å². The molecule has 1 radical (unpaired) electrons. The highest BCUT2D eigenvalue weighted by molar-refractivity contribution is 4.82. The van der Waals surface area contributed by atoms with Crippen molar-refractivity contribution in [3.63, 3.8) is 0 Å². The molecule has 0 amide bonds. The van der Waals surface area contributed by atoms with Gasteiger partial charge in [0.15, 0.2) is 0 Å². The lowest BCUT2D eigenvalue weighted by atomic mass is 10.5. The largest absolute Gasteiger partial charge is 0.448 e. The van der Waals surface area contributed by atoms with E-state index in [0.717, 1.165) is 0 Å². The highest BCUT2D eigenvalue weighted by atomic mass is 19.3. The average molecular weight is 119 g/mol. The molecule has 0 bridgehead atoms. The zero-order valence-electron chi connectivity index (χ0n) is 4.16. The van der Waals surface area contributed by atoms with Crippen molar-refractivity contribution in [3.05, 3.63) is 6.61 Å². The summed E-state index contributed by atoms with van der Waals surface area (Å²) in [6.07, 6.45) is 4.95. The van der Waals surface area contributed by atoms with E-state index in [2.05, 4.69) is 10.7 Å². The third-order valence-corrected chi connectivity index (χ3v) is 0.458. The lowest BCUT2D eigenvalue weighted by Gasteiger charge is -1.92. The van der Waals surface area contributed by atoms with Gasteiger partial charge in [0.1, 0.15) is 0 Å². The standard InChI is InChI=1S/C5H5F2O/c1-2-3-4-8-5(6)7/h1H,3-4H2. The van der Waals surface area contributed by atoms with Crippen LogP contribution in [0.1, 0.15) is 6.42 Å². The second-order valence-electron chi connectivity index (χ2n) is 1.03. The first-order valence-corrected chi connectivity index (χ1v) is 2.01. The Bertz CT molecular complexity index is 84.9. The smallest absolute Gasteiger partial charge is 0.312 e. The van der Waals surface area contributed by atoms with E-state index in [0.29, 0.717) is 0 Å². The van der Waals surface area contributed by atoms with Crippen LogP contribution in [0.5, 0.6) is 0 Å². The number of terminal acetylenes is 1. The first-order valence-electron chi connectivity index (χ1n) is 2.01. The number of hydrogen-bond acceptors (Lipinski definition) is 1. The van der Waals surface area contributed by atoms with Gasteiger partial charge < -0.3 is 4.74 Å². The van der Waals surface area contributed by atoms with Crippen LogP contribution in [-0.4, -0.2) is 6.61 Å². The molecule has 0 atom stereocenters. The second-order valence-corrected chi connectivity index (χ2v) is 1.03. The summed E-state index contributed by atoms with van der Waals surface area (Å²) in [7, 11) is 0. The Kier molecular flexibility index (Phi) is 4.19. The van der Waals surface area contributed by atoms with Crippen LogP contribution in [0.25, 0.3) is 0 Å². The number of ether oxygens (including phenoxy) is 1. The Balaban J connectivity index is 2.85. The van der Waals surface area contributed by atoms with Gasteiger partial charge in [-0.25, -0.2) is 0 Å². The topological polar surface area (TPSA) is 9.23 Å². The molecule has 0 aliphatic rings. The van der Waals surface area contributed by atoms with E-state index in [1.165, 1.54) is 0 Å². The minimum Gasteiger partial charge on any atom is -0.312 e. The maximum Gasteiger partial charge on any atom is 0.448 e. The molecule has 0 heterocycles. The van der Waals surface area contributed by atoms with E-state index in [1.807, 2.05) is 0 Å². The van der Waals surface area contributed by atoms with E-state index in [9.17, 15) is 8.78 Å². The molecule has 8 heavy (non-hydrogen) atoms. The average Bonchev–Trinajstić information content (AvgIpc) is 1.66. The van der Waals surface area contributed by atoms with Crippen LogP contribution in [0.2, 0.25) is 0 Å². The van der Waals surface area contributed by atoms with E-state index in [1.54, 1.807) is 0 Å². The summed E-state index contributed by atoms with van der Waals surface area (Å²) in [5.41, 5.74) is 0. The van der Waals surface area contributed by atoms with E-state index in [4.69, 9.17) is 6.42 Å². The molecular weight excluding hydrogens is 114 g/mol. The SMILES string of the molecule is C#CCCO[C](F)F. The molecule has 0 aliphatic carbocycles. The maximum absolute atomic E-state index is 11.0. The first kappa shape index (κ1) is 7.38. The predicted molar refractivity (Wildman–Crippen MR) is 24.9 cm³/mol. The molecule has 0 saturated heterocycles. The van der Waals surface area contributed by atoms with Crippen LogP contribution in [-0.2, 0) is 4.74 Å². The van der Waals surface area contributed by atoms with Crippen molar-refractivity contribution in [2.24, 2.45) is 0 Å². The first-order chi connectivity index (χ1) is 3.77. The van der Waals surface area contributed by atoms with Crippen LogP contribution >= 0.6 is 0 Å². The van der Waals surface area contributed by atoms with Crippen molar-refractivity contribution in [1.29, 1.82) is 0 Å². The van der Waals surface area contributed by atoms with Crippen molar-refractivity contribution in [2.75, 3.05) is 6.61 Å². The van der Waals surface area contributed by atoms with Gasteiger partial charge in [0.05, 0.1) is 6.61 Å². The number of rotatable bonds is 3. The summed E-state index contributed by atoms with van der Waals surface area (Å²) in [6.45, 7) is -2.13. The molecule has 3 heteroatoms. The molecule has 0 saturated carbocycles. The summed E-state index contributed by atoms with van der Waals surface area (Å²) in [4.78, 5) is 0. The van der Waals surface area contributed by atoms with Gasteiger partial charge in [0, 0.05) is 6.42 Å². The van der Waals surface area contributed by atoms with Crippen LogP contribution in [0.15, 0.2) is 0 Å². The molecule has 0 N–H and O–H groups in total. The molecule has 0 rings (SSSR count). The van der Waals surface area contributed by atoms with Crippen molar-refractivity contribution < 1.29 is 13.5 Å². The fraction of sp³-hybridized carbons (Fsp3) is 0.400. The summed E-state index contributed by atoms with van der Waals surface area (Å²) in [5, 5.41) is 0. The molecule has 0 aromatic rings. The molecule has 0 spiro atoms. The van der Waals surface area contributed by atoms with Crippen LogP contribution in [0.4, 0.5) is 8.78 Å². The Morgan fingerprint density at radius 3 is 2.62 bits per heavy atom. The van der Waals surface area contributed by atoms with Gasteiger partial charge in [0.25, 0.3) is 0 Å². The lowest BCUT2D eigenvalue weighted by molar-refractivity contribution is -0.0167. The van der Waals surface area contributed by atoms with E-state index >= 15 is 0 Å². The highest BCUT2D eigenvalue weighted by Crippen LogP contribution is 2.03. The van der Waals surface area contributed by atoms with Crippen molar-refractivity contribution in [2.45, 2.75) is 6.42 Å². The number of hydrogen-bond donors (Lipinski definition) is 0. The Labute approximate surface area is 46.6 Å². The molecule has 0 aromatic heterocycles. The maximum atomic E-state index is 11.0. The molecule has 0 aromatic carbocycles. The van der Waals surface area contributed by atoms with Gasteiger partial charge in [-0.2, -0.15) is 8.78 Å². The number of halogens is 2. The molecule has 0 unspecified atom stereocenters. The minimum atomic E-state index is -2.03. The van der Waals surface area contributed by atoms with Gasteiger partial charge in [-0.05, 0) is 0 Å². The van der Waals surface area contributed by atoms with Crippen LogP contribution in [0.3, 0.4) is 0 Å². The molecule has 45 valence electrons. The zero-order valence-corrected chi connectivity index (χ0v) is 4.16. The van der Waals surface area contributed by atoms with E-state index in [-0.39, 0.29) is 13.0 Å². The quantitative estimate of drug-likeness (QED) is 0.403. The lowest BCUT2D eigenvalue weighted by Crippen LogP contribution is -1.91. The normalized spacial score (nSPS) is 9.25. The monoisotopic (exact) mass is 119 g/mol. The third-order valence-electron chi connectivity index (χ3n) is 0.458. The van der Waals surface area contributed by atoms with Gasteiger partial charge in [-0.3, -0.25) is 0 Å². The fourth-order valence-electron chi connectivity index (χ4n) is 0.187. The Morgan fingerprint density at radius 2 is 2.25 bits per heavy atom. The third kappa shape index (κ3) is 5.38.